The van der Waals surface area contributed by atoms with Crippen molar-refractivity contribution < 1.29 is 18.7 Å². The second-order valence-electron chi connectivity index (χ2n) is 8.07. The first-order chi connectivity index (χ1) is 16.1. The Morgan fingerprint density at radius 2 is 1.82 bits per heavy atom. The van der Waals surface area contributed by atoms with Gasteiger partial charge in [0.2, 0.25) is 0 Å². The molecule has 1 fully saturated rings. The summed E-state index contributed by atoms with van der Waals surface area (Å²) in [6, 6.07) is 12.7. The average molecular weight is 452 g/mol. The van der Waals surface area contributed by atoms with Crippen molar-refractivity contribution in [1.29, 1.82) is 0 Å². The summed E-state index contributed by atoms with van der Waals surface area (Å²) in [5.41, 5.74) is 0.375. The number of furan rings is 1. The summed E-state index contributed by atoms with van der Waals surface area (Å²) in [5, 5.41) is 11.3. The third kappa shape index (κ3) is 5.42. The first-order valence-electron chi connectivity index (χ1n) is 11.4. The quantitative estimate of drug-likeness (QED) is 0.554. The Bertz CT molecular complexity index is 1070. The van der Waals surface area contributed by atoms with E-state index in [1.165, 1.54) is 0 Å². The Labute approximate surface area is 192 Å². The highest BCUT2D eigenvalue weighted by Crippen LogP contribution is 2.29. The van der Waals surface area contributed by atoms with E-state index in [-0.39, 0.29) is 35.6 Å². The largest absolute Gasteiger partial charge is 0.426 e. The standard InChI is InChI=1S/C24H29N5O4/c1-3-28(4-2)24(31)20-16-29(27-26-20)18-12-10-17(11-13-18)25-23(30)21-14-15-22(33-21)32-19-8-6-5-7-9-19/h5-9,14-18H,3-4,10-13H2,1-2H3,(H,25,30). The number of amides is 2. The highest BCUT2D eigenvalue weighted by atomic mass is 16.6. The molecule has 3 aromatic rings. The summed E-state index contributed by atoms with van der Waals surface area (Å²) in [6.07, 6.45) is 5.04. The highest BCUT2D eigenvalue weighted by Gasteiger charge is 2.26. The van der Waals surface area contributed by atoms with E-state index in [4.69, 9.17) is 9.15 Å². The van der Waals surface area contributed by atoms with Crippen LogP contribution in [0.1, 0.15) is 66.6 Å². The fraction of sp³-hybridized carbons (Fsp3) is 0.417. The molecule has 0 aliphatic heterocycles. The van der Waals surface area contributed by atoms with Crippen molar-refractivity contribution in [2.45, 2.75) is 51.6 Å². The molecule has 2 amide bonds. The Kier molecular flexibility index (Phi) is 7.07. The van der Waals surface area contributed by atoms with Gasteiger partial charge in [0.25, 0.3) is 17.8 Å². The number of benzene rings is 1. The van der Waals surface area contributed by atoms with Gasteiger partial charge in [0, 0.05) is 25.2 Å². The summed E-state index contributed by atoms with van der Waals surface area (Å²) in [6.45, 7) is 5.17. The fourth-order valence-corrected chi connectivity index (χ4v) is 4.07. The molecule has 0 bridgehead atoms. The minimum Gasteiger partial charge on any atom is -0.426 e. The molecule has 174 valence electrons. The van der Waals surface area contributed by atoms with E-state index >= 15 is 0 Å². The number of nitrogens with one attached hydrogen (secondary N) is 1. The predicted molar refractivity (Wildman–Crippen MR) is 121 cm³/mol. The molecule has 1 N–H and O–H groups in total. The molecule has 1 saturated carbocycles. The Balaban J connectivity index is 1.28. The van der Waals surface area contributed by atoms with Gasteiger partial charge in [-0.1, -0.05) is 23.4 Å². The SMILES string of the molecule is CCN(CC)C(=O)c1cn(C2CCC(NC(=O)c3ccc(Oc4ccccc4)o3)CC2)nn1. The zero-order chi connectivity index (χ0) is 23.2. The lowest BCUT2D eigenvalue weighted by Gasteiger charge is -2.28. The van der Waals surface area contributed by atoms with Crippen LogP contribution < -0.4 is 10.1 Å². The normalized spacial score (nSPS) is 18.0. The van der Waals surface area contributed by atoms with E-state index in [9.17, 15) is 9.59 Å². The minimum atomic E-state index is -0.255. The third-order valence-electron chi connectivity index (χ3n) is 5.95. The molecule has 1 aliphatic rings. The van der Waals surface area contributed by atoms with Gasteiger partial charge < -0.3 is 19.4 Å². The molecule has 1 aromatic carbocycles. The van der Waals surface area contributed by atoms with Crippen LogP contribution in [0.15, 0.2) is 53.1 Å². The van der Waals surface area contributed by atoms with E-state index in [0.717, 1.165) is 25.7 Å². The van der Waals surface area contributed by atoms with Crippen LogP contribution in [0.3, 0.4) is 0 Å². The number of hydrogen-bond acceptors (Lipinski definition) is 6. The van der Waals surface area contributed by atoms with Gasteiger partial charge in [0.1, 0.15) is 5.75 Å². The topological polar surface area (TPSA) is 102 Å². The van der Waals surface area contributed by atoms with Crippen molar-refractivity contribution in [2.75, 3.05) is 13.1 Å². The third-order valence-corrected chi connectivity index (χ3v) is 5.95. The van der Waals surface area contributed by atoms with Crippen LogP contribution in [0, 0.1) is 0 Å². The second-order valence-corrected chi connectivity index (χ2v) is 8.07. The number of aromatic nitrogens is 3. The number of ether oxygens (including phenoxy) is 1. The summed E-state index contributed by atoms with van der Waals surface area (Å²) < 4.78 is 13.0. The molecule has 0 spiro atoms. The van der Waals surface area contributed by atoms with Crippen LogP contribution in [-0.4, -0.2) is 50.8 Å². The summed E-state index contributed by atoms with van der Waals surface area (Å²) in [7, 11) is 0. The average Bonchev–Trinajstić information content (AvgIpc) is 3.51. The van der Waals surface area contributed by atoms with E-state index in [2.05, 4.69) is 15.6 Å². The molecular formula is C24H29N5O4. The van der Waals surface area contributed by atoms with Gasteiger partial charge in [-0.25, -0.2) is 4.68 Å². The first kappa shape index (κ1) is 22.6. The molecule has 9 nitrogen and oxygen atoms in total. The maximum absolute atomic E-state index is 12.6. The van der Waals surface area contributed by atoms with Gasteiger partial charge in [-0.3, -0.25) is 9.59 Å². The molecule has 9 heteroatoms. The molecule has 2 aromatic heterocycles. The highest BCUT2D eigenvalue weighted by molar-refractivity contribution is 5.92. The number of nitrogens with zero attached hydrogens (tertiary/aromatic N) is 4. The second kappa shape index (κ2) is 10.3. The Morgan fingerprint density at radius 3 is 2.52 bits per heavy atom. The number of rotatable bonds is 8. The Hall–Kier alpha value is -3.62. The smallest absolute Gasteiger partial charge is 0.290 e. The minimum absolute atomic E-state index is 0.0534. The monoisotopic (exact) mass is 451 g/mol. The van der Waals surface area contributed by atoms with Crippen molar-refractivity contribution in [3.8, 4) is 11.7 Å². The number of hydrogen-bond donors (Lipinski definition) is 1. The lowest BCUT2D eigenvalue weighted by molar-refractivity contribution is 0.0766. The lowest BCUT2D eigenvalue weighted by atomic mass is 9.91. The van der Waals surface area contributed by atoms with Gasteiger partial charge in [-0.05, 0) is 57.7 Å². The van der Waals surface area contributed by atoms with Crippen LogP contribution in [0.25, 0.3) is 0 Å². The molecule has 0 radical (unpaired) electrons. The summed E-state index contributed by atoms with van der Waals surface area (Å²) in [4.78, 5) is 26.8. The molecule has 33 heavy (non-hydrogen) atoms. The van der Waals surface area contributed by atoms with E-state index in [0.29, 0.717) is 24.5 Å². The van der Waals surface area contributed by atoms with Gasteiger partial charge >= 0.3 is 0 Å². The van der Waals surface area contributed by atoms with E-state index in [1.807, 2.05) is 44.2 Å². The van der Waals surface area contributed by atoms with Crippen molar-refractivity contribution in [3.05, 3.63) is 60.1 Å². The molecule has 2 heterocycles. The van der Waals surface area contributed by atoms with Crippen LogP contribution in [0.5, 0.6) is 11.7 Å². The van der Waals surface area contributed by atoms with Gasteiger partial charge in [-0.2, -0.15) is 0 Å². The van der Waals surface area contributed by atoms with Crippen molar-refractivity contribution >= 4 is 11.8 Å². The van der Waals surface area contributed by atoms with Crippen molar-refractivity contribution in [2.24, 2.45) is 0 Å². The van der Waals surface area contributed by atoms with Crippen LogP contribution >= 0.6 is 0 Å². The van der Waals surface area contributed by atoms with E-state index < -0.39 is 0 Å². The number of carbonyl (C=O) groups is 2. The zero-order valence-corrected chi connectivity index (χ0v) is 18.9. The van der Waals surface area contributed by atoms with Crippen LogP contribution in [0.4, 0.5) is 0 Å². The summed E-state index contributed by atoms with van der Waals surface area (Å²) >= 11 is 0. The lowest BCUT2D eigenvalue weighted by Crippen LogP contribution is -2.37. The predicted octanol–water partition coefficient (Wildman–Crippen LogP) is 4.06. The Morgan fingerprint density at radius 1 is 1.09 bits per heavy atom. The molecule has 0 atom stereocenters. The zero-order valence-electron chi connectivity index (χ0n) is 18.9. The molecule has 0 saturated heterocycles. The maximum atomic E-state index is 12.6. The fourth-order valence-electron chi connectivity index (χ4n) is 4.07. The van der Waals surface area contributed by atoms with Crippen molar-refractivity contribution in [1.82, 2.24) is 25.2 Å². The van der Waals surface area contributed by atoms with Gasteiger partial charge in [0.15, 0.2) is 11.5 Å². The molecular weight excluding hydrogens is 422 g/mol. The van der Waals surface area contributed by atoms with Crippen LogP contribution in [0.2, 0.25) is 0 Å². The summed E-state index contributed by atoms with van der Waals surface area (Å²) in [5.74, 6) is 0.790. The van der Waals surface area contributed by atoms with Gasteiger partial charge in [-0.15, -0.1) is 5.10 Å². The first-order valence-corrected chi connectivity index (χ1v) is 11.4. The molecule has 1 aliphatic carbocycles. The van der Waals surface area contributed by atoms with Gasteiger partial charge in [0.05, 0.1) is 12.2 Å². The van der Waals surface area contributed by atoms with Crippen LogP contribution in [-0.2, 0) is 0 Å². The molecule has 4 rings (SSSR count). The number of para-hydroxylation sites is 1. The number of carbonyl (C=O) groups excluding carboxylic acids is 2. The van der Waals surface area contributed by atoms with E-state index in [1.54, 1.807) is 27.9 Å². The van der Waals surface area contributed by atoms with Crippen molar-refractivity contribution in [3.63, 3.8) is 0 Å². The maximum Gasteiger partial charge on any atom is 0.290 e. The molecule has 0 unspecified atom stereocenters.